The van der Waals surface area contributed by atoms with Gasteiger partial charge in [-0.2, -0.15) is 0 Å². The molecule has 3 heteroatoms. The number of rotatable bonds is 2. The third-order valence-electron chi connectivity index (χ3n) is 3.05. The van der Waals surface area contributed by atoms with E-state index in [1.54, 1.807) is 0 Å². The highest BCUT2D eigenvalue weighted by Crippen LogP contribution is 2.25. The number of hydrogen-bond donors (Lipinski definition) is 0. The summed E-state index contributed by atoms with van der Waals surface area (Å²) >= 11 is 3.43. The summed E-state index contributed by atoms with van der Waals surface area (Å²) in [4.78, 5) is 9.14. The lowest BCUT2D eigenvalue weighted by Crippen LogP contribution is -1.85. The number of halogens is 1. The summed E-state index contributed by atoms with van der Waals surface area (Å²) in [5.74, 6) is 0. The van der Waals surface area contributed by atoms with E-state index in [1.807, 2.05) is 61.7 Å². The molecule has 0 bridgehead atoms. The van der Waals surface area contributed by atoms with Crippen molar-refractivity contribution >= 4 is 38.7 Å². The highest BCUT2D eigenvalue weighted by molar-refractivity contribution is 9.10. The molecule has 0 N–H and O–H groups in total. The number of nitrogens with zero attached hydrogens (tertiary/aromatic N) is 2. The summed E-state index contributed by atoms with van der Waals surface area (Å²) in [5.41, 5.74) is 3.99. The second-order valence-corrected chi connectivity index (χ2v) is 5.53. The van der Waals surface area contributed by atoms with Gasteiger partial charge in [-0.15, -0.1) is 0 Å². The van der Waals surface area contributed by atoms with Crippen molar-refractivity contribution in [1.29, 1.82) is 0 Å². The number of para-hydroxylation sites is 1. The number of aryl methyl sites for hydroxylation is 1. The normalized spacial score (nSPS) is 11.3. The molecule has 2 nitrogen and oxygen atoms in total. The van der Waals surface area contributed by atoms with Crippen LogP contribution in [0.1, 0.15) is 11.3 Å². The molecular formula is C17H13BrN2. The van der Waals surface area contributed by atoms with Crippen molar-refractivity contribution in [2.75, 3.05) is 0 Å². The molecule has 3 aromatic rings. The van der Waals surface area contributed by atoms with Crippen molar-refractivity contribution in [3.8, 4) is 0 Å². The lowest BCUT2D eigenvalue weighted by Gasteiger charge is -2.03. The van der Waals surface area contributed by atoms with Crippen molar-refractivity contribution in [2.24, 2.45) is 4.99 Å². The van der Waals surface area contributed by atoms with Crippen LogP contribution in [-0.2, 0) is 0 Å². The smallest absolute Gasteiger partial charge is 0.0741 e. The highest BCUT2D eigenvalue weighted by atomic mass is 79.9. The Bertz CT molecular complexity index is 777. The Kier molecular flexibility index (Phi) is 3.61. The molecule has 0 amide bonds. The average molecular weight is 325 g/mol. The predicted octanol–water partition coefficient (Wildman–Crippen LogP) is 5.06. The monoisotopic (exact) mass is 324 g/mol. The lowest BCUT2D eigenvalue weighted by molar-refractivity contribution is 1.25. The van der Waals surface area contributed by atoms with E-state index in [0.29, 0.717) is 0 Å². The van der Waals surface area contributed by atoms with Crippen LogP contribution >= 0.6 is 15.9 Å². The summed E-state index contributed by atoms with van der Waals surface area (Å²) in [6.45, 7) is 1.99. The Hall–Kier alpha value is -2.00. The molecule has 98 valence electrons. The summed E-state index contributed by atoms with van der Waals surface area (Å²) in [6, 6.07) is 18.2. The molecule has 0 saturated heterocycles. The third kappa shape index (κ3) is 2.78. The van der Waals surface area contributed by atoms with E-state index in [1.165, 1.54) is 0 Å². The first-order valence-electron chi connectivity index (χ1n) is 6.38. The van der Waals surface area contributed by atoms with Crippen LogP contribution in [0, 0.1) is 6.92 Å². The zero-order valence-electron chi connectivity index (χ0n) is 11.0. The fraction of sp³-hybridized carbons (Fsp3) is 0.0588. The van der Waals surface area contributed by atoms with E-state index in [0.717, 1.165) is 32.3 Å². The van der Waals surface area contributed by atoms with Gasteiger partial charge in [-0.05, 0) is 36.8 Å². The van der Waals surface area contributed by atoms with E-state index in [2.05, 4.69) is 32.0 Å². The second-order valence-electron chi connectivity index (χ2n) is 4.61. The zero-order valence-corrected chi connectivity index (χ0v) is 12.6. The molecule has 0 spiro atoms. The van der Waals surface area contributed by atoms with E-state index < -0.39 is 0 Å². The minimum absolute atomic E-state index is 0.955. The maximum atomic E-state index is 4.61. The molecule has 20 heavy (non-hydrogen) atoms. The molecule has 1 heterocycles. The molecule has 2 aromatic carbocycles. The molecule has 0 atom stereocenters. The van der Waals surface area contributed by atoms with E-state index in [4.69, 9.17) is 0 Å². The molecule has 0 aliphatic rings. The standard InChI is InChI=1S/C17H13BrN2/c1-12-10-17(15-4-2-3-5-16(15)20-12)19-11-13-6-8-14(18)9-7-13/h2-11H,1H3. The van der Waals surface area contributed by atoms with Crippen molar-refractivity contribution in [2.45, 2.75) is 6.92 Å². The predicted molar refractivity (Wildman–Crippen MR) is 87.9 cm³/mol. The molecule has 0 fully saturated rings. The second kappa shape index (κ2) is 5.55. The number of fused-ring (bicyclic) bond motifs is 1. The van der Waals surface area contributed by atoms with Gasteiger partial charge in [0.15, 0.2) is 0 Å². The van der Waals surface area contributed by atoms with Crippen molar-refractivity contribution in [3.63, 3.8) is 0 Å². The molecule has 0 radical (unpaired) electrons. The molecule has 0 aliphatic carbocycles. The number of aromatic nitrogens is 1. The van der Waals surface area contributed by atoms with Crippen LogP contribution in [0.25, 0.3) is 10.9 Å². The molecule has 3 rings (SSSR count). The van der Waals surface area contributed by atoms with E-state index in [-0.39, 0.29) is 0 Å². The summed E-state index contributed by atoms with van der Waals surface area (Å²) < 4.78 is 1.07. The van der Waals surface area contributed by atoms with Crippen LogP contribution < -0.4 is 0 Å². The summed E-state index contributed by atoms with van der Waals surface area (Å²) in [6.07, 6.45) is 1.88. The van der Waals surface area contributed by atoms with Crippen LogP contribution in [-0.4, -0.2) is 11.2 Å². The largest absolute Gasteiger partial charge is 0.255 e. The van der Waals surface area contributed by atoms with Gasteiger partial charge in [-0.3, -0.25) is 9.98 Å². The lowest BCUT2D eigenvalue weighted by atomic mass is 10.1. The van der Waals surface area contributed by atoms with Crippen LogP contribution in [0.3, 0.4) is 0 Å². The first-order valence-corrected chi connectivity index (χ1v) is 7.18. The van der Waals surface area contributed by atoms with E-state index >= 15 is 0 Å². The number of aliphatic imine (C=N–C) groups is 1. The first kappa shape index (κ1) is 13.0. The summed E-state index contributed by atoms with van der Waals surface area (Å²) in [5, 5.41) is 1.08. The fourth-order valence-electron chi connectivity index (χ4n) is 2.09. The van der Waals surface area contributed by atoms with Crippen LogP contribution in [0.4, 0.5) is 5.69 Å². The quantitative estimate of drug-likeness (QED) is 0.605. The van der Waals surface area contributed by atoms with Gasteiger partial charge in [-0.25, -0.2) is 0 Å². The maximum Gasteiger partial charge on any atom is 0.0741 e. The Morgan fingerprint density at radius 3 is 2.60 bits per heavy atom. The molecule has 0 saturated carbocycles. The van der Waals surface area contributed by atoms with Crippen LogP contribution in [0.5, 0.6) is 0 Å². The van der Waals surface area contributed by atoms with Gasteiger partial charge in [0, 0.05) is 21.8 Å². The van der Waals surface area contributed by atoms with Gasteiger partial charge in [0.25, 0.3) is 0 Å². The minimum atomic E-state index is 0.955. The maximum absolute atomic E-state index is 4.61. The number of hydrogen-bond acceptors (Lipinski definition) is 2. The van der Waals surface area contributed by atoms with Gasteiger partial charge in [0.05, 0.1) is 11.2 Å². The Morgan fingerprint density at radius 2 is 1.80 bits per heavy atom. The minimum Gasteiger partial charge on any atom is -0.255 e. The third-order valence-corrected chi connectivity index (χ3v) is 3.57. The van der Waals surface area contributed by atoms with Crippen LogP contribution in [0.15, 0.2) is 64.1 Å². The fourth-order valence-corrected chi connectivity index (χ4v) is 2.35. The Balaban J connectivity index is 2.04. The van der Waals surface area contributed by atoms with Gasteiger partial charge < -0.3 is 0 Å². The van der Waals surface area contributed by atoms with Crippen LogP contribution in [0.2, 0.25) is 0 Å². The molecular weight excluding hydrogens is 312 g/mol. The SMILES string of the molecule is Cc1cc(N=Cc2ccc(Br)cc2)c2ccccc2n1. The van der Waals surface area contributed by atoms with E-state index in [9.17, 15) is 0 Å². The number of pyridine rings is 1. The highest BCUT2D eigenvalue weighted by Gasteiger charge is 2.01. The number of benzene rings is 2. The average Bonchev–Trinajstić information content (AvgIpc) is 2.46. The van der Waals surface area contributed by atoms with Crippen molar-refractivity contribution < 1.29 is 0 Å². The first-order chi connectivity index (χ1) is 9.72. The van der Waals surface area contributed by atoms with Crippen molar-refractivity contribution in [1.82, 2.24) is 4.98 Å². The topological polar surface area (TPSA) is 25.2 Å². The zero-order chi connectivity index (χ0) is 13.9. The Morgan fingerprint density at radius 1 is 1.05 bits per heavy atom. The molecule has 0 unspecified atom stereocenters. The van der Waals surface area contributed by atoms with Gasteiger partial charge in [0.2, 0.25) is 0 Å². The molecule has 0 aliphatic heterocycles. The Labute approximate surface area is 126 Å². The summed E-state index contributed by atoms with van der Waals surface area (Å²) in [7, 11) is 0. The van der Waals surface area contributed by atoms with Gasteiger partial charge in [-0.1, -0.05) is 46.3 Å². The van der Waals surface area contributed by atoms with Crippen molar-refractivity contribution in [3.05, 3.63) is 70.3 Å². The molecule has 1 aromatic heterocycles. The van der Waals surface area contributed by atoms with Gasteiger partial charge in [0.1, 0.15) is 0 Å². The van der Waals surface area contributed by atoms with Gasteiger partial charge >= 0.3 is 0 Å².